The van der Waals surface area contributed by atoms with Crippen LogP contribution >= 0.6 is 0 Å². The summed E-state index contributed by atoms with van der Waals surface area (Å²) in [5, 5.41) is 13.5. The van der Waals surface area contributed by atoms with Crippen LogP contribution in [0.5, 0.6) is 0 Å². The zero-order valence-corrected chi connectivity index (χ0v) is 11.6. The minimum Gasteiger partial charge on any atom is -0.423 e. The van der Waals surface area contributed by atoms with Crippen molar-refractivity contribution in [2.24, 2.45) is 0 Å². The summed E-state index contributed by atoms with van der Waals surface area (Å²) >= 11 is 0. The van der Waals surface area contributed by atoms with Crippen LogP contribution < -0.4 is 10.6 Å². The van der Waals surface area contributed by atoms with Gasteiger partial charge in [-0.3, -0.25) is 4.79 Å². The Balaban J connectivity index is 1.92. The van der Waals surface area contributed by atoms with E-state index in [1.165, 1.54) is 6.39 Å². The lowest BCUT2D eigenvalue weighted by molar-refractivity contribution is -0.116. The lowest BCUT2D eigenvalue weighted by Gasteiger charge is -2.12. The topological polar surface area (TPSA) is 80.0 Å². The second-order valence-electron chi connectivity index (χ2n) is 4.53. The van der Waals surface area contributed by atoms with Crippen LogP contribution in [0.4, 0.5) is 5.69 Å². The van der Waals surface area contributed by atoms with Gasteiger partial charge in [-0.2, -0.15) is 0 Å². The molecule has 6 heteroatoms. The predicted molar refractivity (Wildman–Crippen MR) is 76.1 cm³/mol. The number of benzene rings is 1. The molecule has 1 atom stereocenters. The molecule has 0 aliphatic heterocycles. The molecular formula is C14H18N4O2. The lowest BCUT2D eigenvalue weighted by atomic mass is 10.2. The van der Waals surface area contributed by atoms with Gasteiger partial charge in [-0.1, -0.05) is 6.92 Å². The minimum absolute atomic E-state index is 0.0102. The molecule has 6 nitrogen and oxygen atoms in total. The molecule has 0 fully saturated rings. The molecule has 0 aliphatic rings. The van der Waals surface area contributed by atoms with Crippen molar-refractivity contribution in [3.63, 3.8) is 0 Å². The SMILES string of the molecule is CCNC(C)CC(=O)Nc1ccc(-c2nnco2)cc1. The predicted octanol–water partition coefficient (Wildman–Crippen LogP) is 2.06. The van der Waals surface area contributed by atoms with Crippen molar-refractivity contribution in [1.82, 2.24) is 15.5 Å². The van der Waals surface area contributed by atoms with E-state index >= 15 is 0 Å². The van der Waals surface area contributed by atoms with Crippen LogP contribution in [0.25, 0.3) is 11.5 Å². The van der Waals surface area contributed by atoms with E-state index in [4.69, 9.17) is 4.42 Å². The van der Waals surface area contributed by atoms with Crippen LogP contribution in [0.3, 0.4) is 0 Å². The highest BCUT2D eigenvalue weighted by atomic mass is 16.4. The fourth-order valence-electron chi connectivity index (χ4n) is 1.91. The minimum atomic E-state index is -0.0102. The molecule has 2 aromatic rings. The van der Waals surface area contributed by atoms with Gasteiger partial charge >= 0.3 is 0 Å². The molecule has 2 N–H and O–H groups in total. The van der Waals surface area contributed by atoms with E-state index in [0.717, 1.165) is 17.8 Å². The summed E-state index contributed by atoms with van der Waals surface area (Å²) in [7, 11) is 0. The van der Waals surface area contributed by atoms with Gasteiger partial charge in [-0.15, -0.1) is 10.2 Å². The Morgan fingerprint density at radius 2 is 2.10 bits per heavy atom. The van der Waals surface area contributed by atoms with Crippen molar-refractivity contribution in [2.75, 3.05) is 11.9 Å². The molecule has 1 heterocycles. The maximum absolute atomic E-state index is 11.8. The van der Waals surface area contributed by atoms with Crippen molar-refractivity contribution in [3.8, 4) is 11.5 Å². The van der Waals surface area contributed by atoms with Crippen molar-refractivity contribution in [2.45, 2.75) is 26.3 Å². The monoisotopic (exact) mass is 274 g/mol. The Morgan fingerprint density at radius 1 is 1.35 bits per heavy atom. The molecule has 20 heavy (non-hydrogen) atoms. The summed E-state index contributed by atoms with van der Waals surface area (Å²) in [5.41, 5.74) is 1.57. The molecule has 1 aromatic carbocycles. The number of hydrogen-bond acceptors (Lipinski definition) is 5. The lowest BCUT2D eigenvalue weighted by Crippen LogP contribution is -2.30. The van der Waals surface area contributed by atoms with Gasteiger partial charge in [0.25, 0.3) is 0 Å². The molecule has 0 saturated heterocycles. The molecule has 1 unspecified atom stereocenters. The number of carbonyl (C=O) groups is 1. The molecule has 1 amide bonds. The van der Waals surface area contributed by atoms with Crippen molar-refractivity contribution in [3.05, 3.63) is 30.7 Å². The van der Waals surface area contributed by atoms with E-state index in [0.29, 0.717) is 12.3 Å². The molecule has 1 aromatic heterocycles. The van der Waals surface area contributed by atoms with E-state index in [1.807, 2.05) is 38.1 Å². The second-order valence-corrected chi connectivity index (χ2v) is 4.53. The Labute approximate surface area is 117 Å². The maximum atomic E-state index is 11.8. The number of rotatable bonds is 6. The third kappa shape index (κ3) is 3.89. The molecule has 0 aliphatic carbocycles. The van der Waals surface area contributed by atoms with Gasteiger partial charge in [0.05, 0.1) is 0 Å². The average Bonchev–Trinajstić information content (AvgIpc) is 2.93. The summed E-state index contributed by atoms with van der Waals surface area (Å²) in [6.07, 6.45) is 1.73. The van der Waals surface area contributed by atoms with Crippen LogP contribution in [-0.4, -0.2) is 28.7 Å². The van der Waals surface area contributed by atoms with Gasteiger partial charge in [0.1, 0.15) is 0 Å². The van der Waals surface area contributed by atoms with E-state index in [1.54, 1.807) is 0 Å². The highest BCUT2D eigenvalue weighted by molar-refractivity contribution is 5.91. The van der Waals surface area contributed by atoms with Gasteiger partial charge in [-0.05, 0) is 37.7 Å². The van der Waals surface area contributed by atoms with Crippen LogP contribution in [0, 0.1) is 0 Å². The standard InChI is InChI=1S/C14H18N4O2/c1-3-15-10(2)8-13(19)17-12-6-4-11(5-7-12)14-18-16-9-20-14/h4-7,9-10,15H,3,8H2,1-2H3,(H,17,19). The summed E-state index contributed by atoms with van der Waals surface area (Å²) in [6, 6.07) is 7.45. The molecule has 0 spiro atoms. The first-order chi connectivity index (χ1) is 9.69. The Kier molecular flexibility index (Phi) is 4.84. The highest BCUT2D eigenvalue weighted by Gasteiger charge is 2.08. The number of carbonyl (C=O) groups excluding carboxylic acids is 1. The molecule has 2 rings (SSSR count). The number of nitrogens with one attached hydrogen (secondary N) is 2. The molecule has 0 saturated carbocycles. The average molecular weight is 274 g/mol. The zero-order chi connectivity index (χ0) is 14.4. The zero-order valence-electron chi connectivity index (χ0n) is 11.6. The number of aromatic nitrogens is 2. The summed E-state index contributed by atoms with van der Waals surface area (Å²) in [6.45, 7) is 4.86. The molecule has 0 bridgehead atoms. The number of hydrogen-bond donors (Lipinski definition) is 2. The van der Waals surface area contributed by atoms with Crippen molar-refractivity contribution < 1.29 is 9.21 Å². The molecular weight excluding hydrogens is 256 g/mol. The van der Waals surface area contributed by atoms with Gasteiger partial charge in [0, 0.05) is 23.7 Å². The normalized spacial score (nSPS) is 12.1. The molecule has 106 valence electrons. The Hall–Kier alpha value is -2.21. The van der Waals surface area contributed by atoms with Crippen LogP contribution in [-0.2, 0) is 4.79 Å². The van der Waals surface area contributed by atoms with E-state index in [-0.39, 0.29) is 11.9 Å². The van der Waals surface area contributed by atoms with Crippen LogP contribution in [0.15, 0.2) is 35.1 Å². The fraction of sp³-hybridized carbons (Fsp3) is 0.357. The van der Waals surface area contributed by atoms with E-state index < -0.39 is 0 Å². The number of anilines is 1. The first-order valence-corrected chi connectivity index (χ1v) is 6.59. The Morgan fingerprint density at radius 3 is 2.70 bits per heavy atom. The van der Waals surface area contributed by atoms with Crippen molar-refractivity contribution in [1.29, 1.82) is 0 Å². The summed E-state index contributed by atoms with van der Waals surface area (Å²) in [5.74, 6) is 0.452. The van der Waals surface area contributed by atoms with E-state index in [9.17, 15) is 4.79 Å². The maximum Gasteiger partial charge on any atom is 0.247 e. The third-order valence-electron chi connectivity index (χ3n) is 2.82. The van der Waals surface area contributed by atoms with Gasteiger partial charge in [-0.25, -0.2) is 0 Å². The van der Waals surface area contributed by atoms with Gasteiger partial charge in [0.2, 0.25) is 18.2 Å². The van der Waals surface area contributed by atoms with Crippen molar-refractivity contribution >= 4 is 11.6 Å². The second kappa shape index (κ2) is 6.81. The molecule has 0 radical (unpaired) electrons. The highest BCUT2D eigenvalue weighted by Crippen LogP contribution is 2.18. The quantitative estimate of drug-likeness (QED) is 0.842. The number of nitrogens with zero attached hydrogens (tertiary/aromatic N) is 2. The van der Waals surface area contributed by atoms with Crippen LogP contribution in [0.2, 0.25) is 0 Å². The van der Waals surface area contributed by atoms with E-state index in [2.05, 4.69) is 20.8 Å². The van der Waals surface area contributed by atoms with Gasteiger partial charge < -0.3 is 15.1 Å². The third-order valence-corrected chi connectivity index (χ3v) is 2.82. The first kappa shape index (κ1) is 14.2. The first-order valence-electron chi connectivity index (χ1n) is 6.59. The fourth-order valence-corrected chi connectivity index (χ4v) is 1.91. The Bertz CT molecular complexity index is 537. The number of amides is 1. The smallest absolute Gasteiger partial charge is 0.247 e. The largest absolute Gasteiger partial charge is 0.423 e. The summed E-state index contributed by atoms with van der Waals surface area (Å²) < 4.78 is 5.10. The summed E-state index contributed by atoms with van der Waals surface area (Å²) in [4.78, 5) is 11.8. The van der Waals surface area contributed by atoms with Crippen LogP contribution in [0.1, 0.15) is 20.3 Å². The van der Waals surface area contributed by atoms with Gasteiger partial charge in [0.15, 0.2) is 0 Å².